The van der Waals surface area contributed by atoms with Gasteiger partial charge in [-0.05, 0) is 36.1 Å². The predicted molar refractivity (Wildman–Crippen MR) is 95.7 cm³/mol. The molecule has 0 fully saturated rings. The second-order valence-electron chi connectivity index (χ2n) is 7.09. The molecule has 1 aliphatic heterocycles. The first-order valence-corrected chi connectivity index (χ1v) is 8.12. The molecule has 5 heteroatoms. The first kappa shape index (κ1) is 17.0. The van der Waals surface area contributed by atoms with Crippen LogP contribution in [-0.4, -0.2) is 18.5 Å². The molecule has 0 saturated carbocycles. The Balaban J connectivity index is 1.87. The summed E-state index contributed by atoms with van der Waals surface area (Å²) in [7, 11) is 0. The zero-order valence-electron chi connectivity index (χ0n) is 14.8. The number of hydrogen-bond acceptors (Lipinski definition) is 4. The van der Waals surface area contributed by atoms with E-state index in [0.717, 1.165) is 5.56 Å². The third-order valence-electron chi connectivity index (χ3n) is 4.15. The number of hydrogen-bond donors (Lipinski definition) is 1. The van der Waals surface area contributed by atoms with Crippen LogP contribution < -0.4 is 14.8 Å². The van der Waals surface area contributed by atoms with Crippen LogP contribution in [-0.2, 0) is 5.41 Å². The zero-order valence-corrected chi connectivity index (χ0v) is 14.8. The lowest BCUT2D eigenvalue weighted by atomic mass is 9.86. The number of carbonyl (C=O) groups excluding carboxylic acids is 2. The molecule has 5 nitrogen and oxygen atoms in total. The topological polar surface area (TPSA) is 64.6 Å². The summed E-state index contributed by atoms with van der Waals surface area (Å²) in [5, 5.41) is 2.80. The molecule has 0 atom stereocenters. The van der Waals surface area contributed by atoms with Gasteiger partial charge >= 0.3 is 0 Å². The van der Waals surface area contributed by atoms with E-state index in [1.807, 2.05) is 12.1 Å². The minimum atomic E-state index is -0.276. The minimum Gasteiger partial charge on any atom is -0.454 e. The molecular formula is C20H21NO4. The van der Waals surface area contributed by atoms with E-state index in [1.165, 1.54) is 6.92 Å². The number of ether oxygens (including phenoxy) is 2. The lowest BCUT2D eigenvalue weighted by molar-refractivity contribution is 0.101. The zero-order chi connectivity index (χ0) is 18.2. The number of anilines is 1. The summed E-state index contributed by atoms with van der Waals surface area (Å²) in [6.45, 7) is 7.92. The normalized spacial score (nSPS) is 12.8. The van der Waals surface area contributed by atoms with E-state index in [0.29, 0.717) is 28.3 Å². The van der Waals surface area contributed by atoms with Crippen LogP contribution >= 0.6 is 0 Å². The first-order valence-electron chi connectivity index (χ1n) is 8.12. The van der Waals surface area contributed by atoms with Gasteiger partial charge in [0.1, 0.15) is 0 Å². The highest BCUT2D eigenvalue weighted by Crippen LogP contribution is 2.37. The van der Waals surface area contributed by atoms with E-state index in [1.54, 1.807) is 24.3 Å². The molecule has 0 unspecified atom stereocenters. The second-order valence-corrected chi connectivity index (χ2v) is 7.09. The van der Waals surface area contributed by atoms with Gasteiger partial charge in [-0.3, -0.25) is 9.59 Å². The minimum absolute atomic E-state index is 0.0220. The maximum Gasteiger partial charge on any atom is 0.255 e. The second kappa shape index (κ2) is 6.24. The van der Waals surface area contributed by atoms with E-state index in [4.69, 9.17) is 9.47 Å². The number of rotatable bonds is 3. The summed E-state index contributed by atoms with van der Waals surface area (Å²) in [5.74, 6) is 0.597. The van der Waals surface area contributed by atoms with Crippen LogP contribution in [0.2, 0.25) is 0 Å². The standard InChI is InChI=1S/C20H21NO4/c1-12(22)15-9-17-18(25-11-24-17)10-16(15)21-19(23)13-5-7-14(8-6-13)20(2,3)4/h5-10H,11H2,1-4H3,(H,21,23). The Hall–Kier alpha value is -2.82. The van der Waals surface area contributed by atoms with Crippen molar-refractivity contribution >= 4 is 17.4 Å². The Kier molecular flexibility index (Phi) is 4.25. The summed E-state index contributed by atoms with van der Waals surface area (Å²) in [6, 6.07) is 10.7. The van der Waals surface area contributed by atoms with Gasteiger partial charge in [0.2, 0.25) is 6.79 Å². The van der Waals surface area contributed by atoms with Crippen molar-refractivity contribution in [2.75, 3.05) is 12.1 Å². The lowest BCUT2D eigenvalue weighted by Crippen LogP contribution is -2.15. The van der Waals surface area contributed by atoms with Crippen LogP contribution in [0.4, 0.5) is 5.69 Å². The van der Waals surface area contributed by atoms with Gasteiger partial charge in [-0.1, -0.05) is 32.9 Å². The fourth-order valence-corrected chi connectivity index (χ4v) is 2.65. The third kappa shape index (κ3) is 3.50. The van der Waals surface area contributed by atoms with Gasteiger partial charge in [-0.25, -0.2) is 0 Å². The average molecular weight is 339 g/mol. The summed E-state index contributed by atoms with van der Waals surface area (Å²) in [4.78, 5) is 24.4. The first-order chi connectivity index (χ1) is 11.8. The number of fused-ring (bicyclic) bond motifs is 1. The van der Waals surface area contributed by atoms with Crippen molar-refractivity contribution in [1.29, 1.82) is 0 Å². The monoisotopic (exact) mass is 339 g/mol. The largest absolute Gasteiger partial charge is 0.454 e. The smallest absolute Gasteiger partial charge is 0.255 e. The molecule has 25 heavy (non-hydrogen) atoms. The molecular weight excluding hydrogens is 318 g/mol. The quantitative estimate of drug-likeness (QED) is 0.853. The maximum absolute atomic E-state index is 12.6. The Morgan fingerprint density at radius 2 is 1.60 bits per heavy atom. The lowest BCUT2D eigenvalue weighted by Gasteiger charge is -2.19. The fraction of sp³-hybridized carbons (Fsp3) is 0.300. The van der Waals surface area contributed by atoms with Crippen molar-refractivity contribution < 1.29 is 19.1 Å². The number of benzene rings is 2. The van der Waals surface area contributed by atoms with Crippen molar-refractivity contribution in [3.8, 4) is 11.5 Å². The molecule has 2 aromatic rings. The van der Waals surface area contributed by atoms with E-state index >= 15 is 0 Å². The van der Waals surface area contributed by atoms with Crippen LogP contribution in [0.1, 0.15) is 54.0 Å². The third-order valence-corrected chi connectivity index (χ3v) is 4.15. The highest BCUT2D eigenvalue weighted by molar-refractivity contribution is 6.09. The molecule has 0 saturated heterocycles. The Morgan fingerprint density at radius 3 is 2.16 bits per heavy atom. The van der Waals surface area contributed by atoms with Crippen LogP contribution in [0.25, 0.3) is 0 Å². The van der Waals surface area contributed by atoms with E-state index in [2.05, 4.69) is 26.1 Å². The fourth-order valence-electron chi connectivity index (χ4n) is 2.65. The molecule has 1 heterocycles. The van der Waals surface area contributed by atoms with Crippen LogP contribution in [0.15, 0.2) is 36.4 Å². The predicted octanol–water partition coefficient (Wildman–Crippen LogP) is 4.17. The van der Waals surface area contributed by atoms with Crippen LogP contribution in [0, 0.1) is 0 Å². The highest BCUT2D eigenvalue weighted by atomic mass is 16.7. The maximum atomic E-state index is 12.6. The molecule has 2 aromatic carbocycles. The molecule has 0 aliphatic carbocycles. The number of ketones is 1. The molecule has 0 bridgehead atoms. The highest BCUT2D eigenvalue weighted by Gasteiger charge is 2.21. The molecule has 130 valence electrons. The van der Waals surface area contributed by atoms with Crippen LogP contribution in [0.5, 0.6) is 11.5 Å². The molecule has 1 N–H and O–H groups in total. The number of amides is 1. The van der Waals surface area contributed by atoms with Gasteiger partial charge in [-0.2, -0.15) is 0 Å². The van der Waals surface area contributed by atoms with E-state index < -0.39 is 0 Å². The van der Waals surface area contributed by atoms with Crippen molar-refractivity contribution in [3.63, 3.8) is 0 Å². The molecule has 0 spiro atoms. The van der Waals surface area contributed by atoms with Crippen molar-refractivity contribution in [2.45, 2.75) is 33.1 Å². The Labute approximate surface area is 147 Å². The SMILES string of the molecule is CC(=O)c1cc2c(cc1NC(=O)c1ccc(C(C)(C)C)cc1)OCO2. The molecule has 1 amide bonds. The number of carbonyl (C=O) groups is 2. The van der Waals surface area contributed by atoms with Crippen LogP contribution in [0.3, 0.4) is 0 Å². The Morgan fingerprint density at radius 1 is 1.00 bits per heavy atom. The number of Topliss-reactive ketones (excluding diaryl/α,β-unsaturated/α-hetero) is 1. The van der Waals surface area contributed by atoms with Gasteiger partial charge in [0.25, 0.3) is 5.91 Å². The average Bonchev–Trinajstić information content (AvgIpc) is 3.00. The molecule has 0 radical (unpaired) electrons. The summed E-state index contributed by atoms with van der Waals surface area (Å²) in [5.41, 5.74) is 2.51. The van der Waals surface area contributed by atoms with Gasteiger partial charge in [0.15, 0.2) is 17.3 Å². The van der Waals surface area contributed by atoms with Gasteiger partial charge in [0, 0.05) is 17.2 Å². The molecule has 0 aromatic heterocycles. The summed E-state index contributed by atoms with van der Waals surface area (Å²) in [6.07, 6.45) is 0. The van der Waals surface area contributed by atoms with E-state index in [-0.39, 0.29) is 23.9 Å². The van der Waals surface area contributed by atoms with Gasteiger partial charge in [0.05, 0.1) is 5.69 Å². The van der Waals surface area contributed by atoms with Crippen molar-refractivity contribution in [3.05, 3.63) is 53.1 Å². The number of nitrogens with one attached hydrogen (secondary N) is 1. The summed E-state index contributed by atoms with van der Waals surface area (Å²) >= 11 is 0. The van der Waals surface area contributed by atoms with Crippen molar-refractivity contribution in [1.82, 2.24) is 0 Å². The summed E-state index contributed by atoms with van der Waals surface area (Å²) < 4.78 is 10.6. The Bertz CT molecular complexity index is 832. The van der Waals surface area contributed by atoms with Gasteiger partial charge < -0.3 is 14.8 Å². The van der Waals surface area contributed by atoms with E-state index in [9.17, 15) is 9.59 Å². The molecule has 3 rings (SSSR count). The molecule has 1 aliphatic rings. The van der Waals surface area contributed by atoms with Gasteiger partial charge in [-0.15, -0.1) is 0 Å². The van der Waals surface area contributed by atoms with Crippen molar-refractivity contribution in [2.24, 2.45) is 0 Å².